The third kappa shape index (κ3) is 4.82. The van der Waals surface area contributed by atoms with Crippen molar-refractivity contribution in [3.63, 3.8) is 0 Å². The number of nitrogens with one attached hydrogen (secondary N) is 1. The Bertz CT molecular complexity index is 1230. The van der Waals surface area contributed by atoms with Crippen LogP contribution in [0.3, 0.4) is 0 Å². The van der Waals surface area contributed by atoms with Crippen molar-refractivity contribution in [1.29, 1.82) is 0 Å². The second kappa shape index (κ2) is 10.5. The van der Waals surface area contributed by atoms with Gasteiger partial charge in [0.25, 0.3) is 0 Å². The van der Waals surface area contributed by atoms with Crippen molar-refractivity contribution < 1.29 is 14.3 Å². The van der Waals surface area contributed by atoms with E-state index in [1.807, 2.05) is 56.3 Å². The van der Waals surface area contributed by atoms with Crippen LogP contribution < -0.4 is 15.0 Å². The van der Waals surface area contributed by atoms with Crippen LogP contribution in [0.1, 0.15) is 31.4 Å². The molecule has 1 aliphatic heterocycles. The molecule has 34 heavy (non-hydrogen) atoms. The van der Waals surface area contributed by atoms with Gasteiger partial charge in [-0.3, -0.25) is 19.5 Å². The van der Waals surface area contributed by atoms with Gasteiger partial charge >= 0.3 is 0 Å². The summed E-state index contributed by atoms with van der Waals surface area (Å²) in [6.45, 7) is 4.17. The highest BCUT2D eigenvalue weighted by atomic mass is 35.5. The molecule has 0 aliphatic carbocycles. The molecular weight excluding hydrogens is 450 g/mol. The lowest BCUT2D eigenvalue weighted by Crippen LogP contribution is -2.48. The molecule has 0 unspecified atom stereocenters. The first kappa shape index (κ1) is 23.5. The molecule has 1 aliphatic rings. The first-order valence-corrected chi connectivity index (χ1v) is 11.7. The Hall–Kier alpha value is -3.64. The van der Waals surface area contributed by atoms with E-state index in [-0.39, 0.29) is 18.4 Å². The molecule has 174 valence electrons. The van der Waals surface area contributed by atoms with Crippen LogP contribution in [0.15, 0.2) is 77.8 Å². The van der Waals surface area contributed by atoms with Crippen LogP contribution in [0.25, 0.3) is 0 Å². The number of fused-ring (bicyclic) bond motifs is 1. The molecule has 1 N–H and O–H groups in total. The van der Waals surface area contributed by atoms with E-state index in [2.05, 4.69) is 10.3 Å². The standard InChI is InChI=1S/C27H26ClN3O3/c1-3-22(27(33)30-21-12-8-9-13-24(21)34-4-2)31-23-15-14-19(28)16-20(23)26(29-17-25(31)32)18-10-6-5-7-11-18/h5-16,22H,3-4,17H2,1-2H3,(H,30,33)/t22-/m1/s1. The predicted octanol–water partition coefficient (Wildman–Crippen LogP) is 5.34. The monoisotopic (exact) mass is 475 g/mol. The van der Waals surface area contributed by atoms with Gasteiger partial charge in [-0.1, -0.05) is 61.0 Å². The van der Waals surface area contributed by atoms with Crippen molar-refractivity contribution in [2.45, 2.75) is 26.3 Å². The number of carbonyl (C=O) groups excluding carboxylic acids is 2. The lowest BCUT2D eigenvalue weighted by molar-refractivity contribution is -0.123. The quantitative estimate of drug-likeness (QED) is 0.501. The smallest absolute Gasteiger partial charge is 0.249 e. The van der Waals surface area contributed by atoms with E-state index < -0.39 is 6.04 Å². The van der Waals surface area contributed by atoms with Crippen LogP contribution in [0.5, 0.6) is 5.75 Å². The largest absolute Gasteiger partial charge is 0.492 e. The number of para-hydroxylation sites is 2. The van der Waals surface area contributed by atoms with Crippen LogP contribution in [0.2, 0.25) is 5.02 Å². The summed E-state index contributed by atoms with van der Waals surface area (Å²) in [6.07, 6.45) is 0.414. The summed E-state index contributed by atoms with van der Waals surface area (Å²) in [5.74, 6) is 0.0268. The number of rotatable bonds is 7. The predicted molar refractivity (Wildman–Crippen MR) is 136 cm³/mol. The van der Waals surface area contributed by atoms with Gasteiger partial charge in [0.1, 0.15) is 18.3 Å². The molecule has 0 spiro atoms. The minimum absolute atomic E-state index is 0.0736. The van der Waals surface area contributed by atoms with Gasteiger partial charge in [-0.15, -0.1) is 0 Å². The van der Waals surface area contributed by atoms with E-state index in [0.717, 1.165) is 5.56 Å². The number of nitrogens with zero attached hydrogens (tertiary/aromatic N) is 2. The lowest BCUT2D eigenvalue weighted by Gasteiger charge is -2.30. The van der Waals surface area contributed by atoms with E-state index in [0.29, 0.717) is 46.4 Å². The minimum atomic E-state index is -0.743. The SMILES string of the molecule is CCOc1ccccc1NC(=O)[C@@H](CC)N1C(=O)CN=C(c2ccccc2)c2cc(Cl)ccc21. The van der Waals surface area contributed by atoms with Crippen LogP contribution >= 0.6 is 11.6 Å². The average Bonchev–Trinajstić information content (AvgIpc) is 2.98. The van der Waals surface area contributed by atoms with Gasteiger partial charge in [-0.25, -0.2) is 0 Å². The summed E-state index contributed by atoms with van der Waals surface area (Å²) in [4.78, 5) is 33.0. The number of benzene rings is 3. The third-order valence-corrected chi connectivity index (χ3v) is 5.84. The van der Waals surface area contributed by atoms with Gasteiger partial charge in [-0.2, -0.15) is 0 Å². The van der Waals surface area contributed by atoms with Crippen LogP contribution in [0, 0.1) is 0 Å². The number of anilines is 2. The van der Waals surface area contributed by atoms with Crippen LogP contribution in [0.4, 0.5) is 11.4 Å². The second-order valence-corrected chi connectivity index (χ2v) is 8.23. The molecule has 0 aromatic heterocycles. The first-order chi connectivity index (χ1) is 16.5. The highest BCUT2D eigenvalue weighted by Gasteiger charge is 2.34. The van der Waals surface area contributed by atoms with Crippen molar-refractivity contribution in [3.8, 4) is 5.75 Å². The molecule has 7 heteroatoms. The molecule has 0 saturated heterocycles. The number of benzodiazepines with no additional fused rings is 1. The fourth-order valence-corrected chi connectivity index (χ4v) is 4.26. The molecule has 0 saturated carbocycles. The summed E-state index contributed by atoms with van der Waals surface area (Å²) < 4.78 is 5.64. The average molecular weight is 476 g/mol. The van der Waals surface area contributed by atoms with Crippen molar-refractivity contribution in [1.82, 2.24) is 0 Å². The number of halogens is 1. The summed E-state index contributed by atoms with van der Waals surface area (Å²) in [7, 11) is 0. The Morgan fingerprint density at radius 1 is 1.09 bits per heavy atom. The fourth-order valence-electron chi connectivity index (χ4n) is 4.09. The maximum Gasteiger partial charge on any atom is 0.249 e. The zero-order chi connectivity index (χ0) is 24.1. The highest BCUT2D eigenvalue weighted by molar-refractivity contribution is 6.32. The normalized spacial score (nSPS) is 14.0. The molecule has 3 aromatic rings. The van der Waals surface area contributed by atoms with E-state index in [9.17, 15) is 9.59 Å². The molecule has 4 rings (SSSR count). The van der Waals surface area contributed by atoms with Gasteiger partial charge in [-0.05, 0) is 43.7 Å². The van der Waals surface area contributed by atoms with Crippen molar-refractivity contribution in [2.75, 3.05) is 23.4 Å². The zero-order valence-electron chi connectivity index (χ0n) is 19.1. The molecule has 3 aromatic carbocycles. The Kier molecular flexibility index (Phi) is 7.28. The van der Waals surface area contributed by atoms with Gasteiger partial charge in [0, 0.05) is 16.1 Å². The first-order valence-electron chi connectivity index (χ1n) is 11.3. The van der Waals surface area contributed by atoms with Gasteiger partial charge in [0.05, 0.1) is 23.7 Å². The molecule has 2 amide bonds. The van der Waals surface area contributed by atoms with Crippen molar-refractivity contribution in [2.24, 2.45) is 4.99 Å². The summed E-state index contributed by atoms with van der Waals surface area (Å²) in [5, 5.41) is 3.48. The van der Waals surface area contributed by atoms with Gasteiger partial charge in [0.15, 0.2) is 0 Å². The minimum Gasteiger partial charge on any atom is -0.492 e. The number of carbonyl (C=O) groups is 2. The van der Waals surface area contributed by atoms with E-state index in [1.54, 1.807) is 35.2 Å². The maximum absolute atomic E-state index is 13.5. The molecule has 6 nitrogen and oxygen atoms in total. The molecule has 1 atom stereocenters. The molecule has 0 radical (unpaired) electrons. The Morgan fingerprint density at radius 3 is 2.56 bits per heavy atom. The number of hydrogen-bond acceptors (Lipinski definition) is 4. The van der Waals surface area contributed by atoms with E-state index >= 15 is 0 Å². The van der Waals surface area contributed by atoms with Crippen LogP contribution in [-0.4, -0.2) is 36.7 Å². The number of ether oxygens (including phenoxy) is 1. The maximum atomic E-state index is 13.5. The second-order valence-electron chi connectivity index (χ2n) is 7.80. The Balaban J connectivity index is 1.74. The number of hydrogen-bond donors (Lipinski definition) is 1. The summed E-state index contributed by atoms with van der Waals surface area (Å²) >= 11 is 6.35. The Morgan fingerprint density at radius 2 is 1.82 bits per heavy atom. The molecule has 0 bridgehead atoms. The fraction of sp³-hybridized carbons (Fsp3) is 0.222. The highest BCUT2D eigenvalue weighted by Crippen LogP contribution is 2.32. The topological polar surface area (TPSA) is 71.0 Å². The van der Waals surface area contributed by atoms with Crippen LogP contribution in [-0.2, 0) is 9.59 Å². The zero-order valence-corrected chi connectivity index (χ0v) is 19.9. The Labute approximate surface area is 204 Å². The number of aliphatic imine (C=N–C) groups is 1. The molecule has 0 fully saturated rings. The van der Waals surface area contributed by atoms with Crippen molar-refractivity contribution in [3.05, 3.63) is 88.9 Å². The van der Waals surface area contributed by atoms with Gasteiger partial charge < -0.3 is 10.1 Å². The molecule has 1 heterocycles. The van der Waals surface area contributed by atoms with E-state index in [4.69, 9.17) is 16.3 Å². The summed E-state index contributed by atoms with van der Waals surface area (Å²) in [6, 6.07) is 21.5. The van der Waals surface area contributed by atoms with Crippen molar-refractivity contribution >= 4 is 40.5 Å². The molecular formula is C27H26ClN3O3. The summed E-state index contributed by atoms with van der Waals surface area (Å²) in [5.41, 5.74) is 3.43. The van der Waals surface area contributed by atoms with Gasteiger partial charge in [0.2, 0.25) is 11.8 Å². The lowest BCUT2D eigenvalue weighted by atomic mass is 9.99. The third-order valence-electron chi connectivity index (χ3n) is 5.61. The van der Waals surface area contributed by atoms with E-state index in [1.165, 1.54) is 0 Å². The number of amides is 2.